The first kappa shape index (κ1) is 62.1. The Hall–Kier alpha value is -1.92. The molecule has 0 saturated carbocycles. The number of esters is 1. The van der Waals surface area contributed by atoms with Crippen molar-refractivity contribution in [2.24, 2.45) is 0 Å². The highest BCUT2D eigenvalue weighted by molar-refractivity contribution is 5.81. The Morgan fingerprint density at radius 2 is 0.797 bits per heavy atom. The molecule has 0 N–H and O–H groups in total. The zero-order chi connectivity index (χ0) is 46.5. The summed E-state index contributed by atoms with van der Waals surface area (Å²) in [6.07, 6.45) is 60.7. The Morgan fingerprint density at radius 3 is 1.27 bits per heavy atom. The van der Waals surface area contributed by atoms with Crippen molar-refractivity contribution in [3.05, 3.63) is 36.5 Å². The van der Waals surface area contributed by atoms with Gasteiger partial charge in [0.2, 0.25) is 0 Å². The average molecular weight is 901 g/mol. The van der Waals surface area contributed by atoms with Gasteiger partial charge >= 0.3 is 5.97 Å². The lowest BCUT2D eigenvalue weighted by molar-refractivity contribution is -0.148. The Labute approximate surface area is 399 Å². The van der Waals surface area contributed by atoms with Crippen LogP contribution in [-0.4, -0.2) is 62.4 Å². The topological polar surface area (TPSA) is 65.1 Å². The van der Waals surface area contributed by atoms with Crippen LogP contribution in [0.5, 0.6) is 0 Å². The van der Waals surface area contributed by atoms with Crippen molar-refractivity contribution in [1.82, 2.24) is 4.90 Å². The molecule has 0 aromatic heterocycles. The fraction of sp³-hybridized carbons (Fsp3) is 0.862. The Morgan fingerprint density at radius 1 is 0.422 bits per heavy atom. The van der Waals surface area contributed by atoms with Crippen LogP contribution < -0.4 is 0 Å². The van der Waals surface area contributed by atoms with E-state index in [-0.39, 0.29) is 11.9 Å². The molecule has 0 bridgehead atoms. The van der Waals surface area contributed by atoms with Crippen LogP contribution in [0.15, 0.2) is 36.5 Å². The van der Waals surface area contributed by atoms with Gasteiger partial charge in [-0.25, -0.2) is 0 Å². The highest BCUT2D eigenvalue weighted by Gasteiger charge is 2.24. The number of unbranched alkanes of at least 4 members (excludes halogenated alkanes) is 32. The van der Waals surface area contributed by atoms with Crippen molar-refractivity contribution in [3.63, 3.8) is 0 Å². The van der Waals surface area contributed by atoms with Gasteiger partial charge in [-0.3, -0.25) is 9.59 Å². The first-order chi connectivity index (χ1) is 31.6. The Kier molecular flexibility index (Phi) is 52.1. The maximum Gasteiger partial charge on any atom is 0.306 e. The average Bonchev–Trinajstić information content (AvgIpc) is 3.30. The van der Waals surface area contributed by atoms with Crippen LogP contribution in [0.25, 0.3) is 0 Å². The van der Waals surface area contributed by atoms with Crippen molar-refractivity contribution in [3.8, 4) is 0 Å². The summed E-state index contributed by atoms with van der Waals surface area (Å²) in [5, 5.41) is 0. The number of ether oxygens (including phenoxy) is 3. The maximum absolute atomic E-state index is 13.8. The van der Waals surface area contributed by atoms with E-state index in [1.54, 1.807) is 0 Å². The number of amides is 1. The number of hydrogen-bond acceptors (Lipinski definition) is 5. The molecule has 0 aromatic carbocycles. The van der Waals surface area contributed by atoms with Crippen LogP contribution in [0.4, 0.5) is 0 Å². The number of rotatable bonds is 52. The van der Waals surface area contributed by atoms with E-state index in [9.17, 15) is 9.59 Å². The van der Waals surface area contributed by atoms with E-state index in [1.165, 1.54) is 186 Å². The molecule has 1 atom stereocenters. The number of allylic oxidation sites excluding steroid dienone is 5. The first-order valence-corrected chi connectivity index (χ1v) is 28.2. The van der Waals surface area contributed by atoms with E-state index in [0.29, 0.717) is 39.4 Å². The monoisotopic (exact) mass is 900 g/mol. The van der Waals surface area contributed by atoms with Gasteiger partial charge < -0.3 is 19.1 Å². The van der Waals surface area contributed by atoms with Crippen molar-refractivity contribution in [1.29, 1.82) is 0 Å². The summed E-state index contributed by atoms with van der Waals surface area (Å²) >= 11 is 0. The smallest absolute Gasteiger partial charge is 0.306 e. The third-order valence-corrected chi connectivity index (χ3v) is 12.6. The van der Waals surface area contributed by atoms with Gasteiger partial charge in [-0.2, -0.15) is 0 Å². The second kappa shape index (κ2) is 53.7. The predicted molar refractivity (Wildman–Crippen MR) is 278 cm³/mol. The van der Waals surface area contributed by atoms with E-state index >= 15 is 0 Å². The van der Waals surface area contributed by atoms with Gasteiger partial charge in [0.25, 0.3) is 5.91 Å². The van der Waals surface area contributed by atoms with E-state index in [2.05, 4.69) is 58.1 Å². The Balaban J connectivity index is 4.45. The summed E-state index contributed by atoms with van der Waals surface area (Å²) in [7, 11) is 0. The van der Waals surface area contributed by atoms with Gasteiger partial charge in [-0.1, -0.05) is 211 Å². The maximum atomic E-state index is 13.8. The molecule has 0 aromatic rings. The lowest BCUT2D eigenvalue weighted by atomic mass is 10.1. The van der Waals surface area contributed by atoms with Crippen LogP contribution in [0.2, 0.25) is 0 Å². The number of carbonyl (C=O) groups is 2. The highest BCUT2D eigenvalue weighted by Crippen LogP contribution is 2.14. The largest absolute Gasteiger partial charge is 0.461 e. The molecule has 6 nitrogen and oxygen atoms in total. The van der Waals surface area contributed by atoms with Crippen LogP contribution in [0.3, 0.4) is 0 Å². The molecule has 6 heteroatoms. The fourth-order valence-electron chi connectivity index (χ4n) is 8.23. The molecule has 0 aliphatic heterocycles. The zero-order valence-corrected chi connectivity index (χ0v) is 43.3. The molecule has 0 saturated heterocycles. The van der Waals surface area contributed by atoms with Gasteiger partial charge in [0.05, 0.1) is 6.61 Å². The van der Waals surface area contributed by atoms with Crippen LogP contribution in [0, 0.1) is 0 Å². The second-order valence-electron chi connectivity index (χ2n) is 18.7. The quantitative estimate of drug-likeness (QED) is 0.0346. The number of likely N-dealkylation sites (N-methyl/N-ethyl adjacent to an activating group) is 1. The summed E-state index contributed by atoms with van der Waals surface area (Å²) < 4.78 is 17.8. The second-order valence-corrected chi connectivity index (χ2v) is 18.7. The molecule has 1 unspecified atom stereocenters. The molecule has 0 spiro atoms. The predicted octanol–water partition coefficient (Wildman–Crippen LogP) is 17.7. The van der Waals surface area contributed by atoms with Gasteiger partial charge in [0.1, 0.15) is 6.61 Å². The summed E-state index contributed by atoms with van der Waals surface area (Å²) in [6.45, 7) is 12.3. The van der Waals surface area contributed by atoms with E-state index in [0.717, 1.165) is 64.3 Å². The summed E-state index contributed by atoms with van der Waals surface area (Å²) in [5.74, 6) is -0.0256. The molecule has 0 radical (unpaired) electrons. The third kappa shape index (κ3) is 46.6. The van der Waals surface area contributed by atoms with Gasteiger partial charge in [0.15, 0.2) is 6.10 Å². The van der Waals surface area contributed by atoms with E-state index in [1.807, 2.05) is 11.0 Å². The first-order valence-electron chi connectivity index (χ1n) is 28.2. The molecular weight excluding hydrogens is 791 g/mol. The Bertz CT molecular complexity index is 1040. The summed E-state index contributed by atoms with van der Waals surface area (Å²) in [6, 6.07) is 0. The van der Waals surface area contributed by atoms with Crippen LogP contribution in [-0.2, 0) is 23.8 Å². The summed E-state index contributed by atoms with van der Waals surface area (Å²) in [5.41, 5.74) is 0. The minimum Gasteiger partial charge on any atom is -0.461 e. The van der Waals surface area contributed by atoms with Gasteiger partial charge in [-0.05, 0) is 96.8 Å². The number of hydrogen-bond donors (Lipinski definition) is 0. The number of carbonyl (C=O) groups excluding carboxylic acids is 2. The number of nitrogens with zero attached hydrogens (tertiary/aromatic N) is 1. The lowest BCUT2D eigenvalue weighted by Gasteiger charge is -2.26. The van der Waals surface area contributed by atoms with Crippen molar-refractivity contribution in [2.45, 2.75) is 284 Å². The van der Waals surface area contributed by atoms with Crippen LogP contribution >= 0.6 is 0 Å². The molecule has 376 valence electrons. The third-order valence-electron chi connectivity index (χ3n) is 12.6. The minimum atomic E-state index is -0.529. The van der Waals surface area contributed by atoms with Crippen molar-refractivity contribution in [2.75, 3.05) is 39.5 Å². The molecule has 0 aliphatic rings. The minimum absolute atomic E-state index is 0.0748. The molecule has 0 aliphatic carbocycles. The highest BCUT2D eigenvalue weighted by atomic mass is 16.5. The van der Waals surface area contributed by atoms with Gasteiger partial charge in [0, 0.05) is 32.7 Å². The SMILES string of the molecule is CCCCCC/C=C\COC(=O)CCCCCCCN(CC)C(=O)C(COCCCCCCCC/C=C\CCCCCCCC)OCCCCCCCC/C=C\CCCCCCCC. The van der Waals surface area contributed by atoms with E-state index < -0.39 is 6.10 Å². The van der Waals surface area contributed by atoms with Crippen molar-refractivity contribution >= 4 is 11.9 Å². The standard InChI is InChI=1S/C58H109NO5/c1-5-9-12-15-18-20-22-24-26-28-30-32-34-37-42-47-52-62-55-56(63-53-48-43-38-35-33-31-29-27-25-23-21-19-16-13-10-6-2)58(61)59(8-4)51-46-41-39-40-45-50-57(60)64-54-49-44-36-17-14-11-7-3/h24-27,44,49,56H,5-23,28-43,45-48,50-55H2,1-4H3/b26-24-,27-25-,49-44-. The molecule has 0 fully saturated rings. The van der Waals surface area contributed by atoms with Gasteiger partial charge in [-0.15, -0.1) is 0 Å². The molecular formula is C58H109NO5. The molecule has 64 heavy (non-hydrogen) atoms. The van der Waals surface area contributed by atoms with E-state index in [4.69, 9.17) is 14.2 Å². The van der Waals surface area contributed by atoms with Crippen LogP contribution in [0.1, 0.15) is 278 Å². The molecule has 0 rings (SSSR count). The lowest BCUT2D eigenvalue weighted by Crippen LogP contribution is -2.43. The molecule has 0 heterocycles. The fourth-order valence-corrected chi connectivity index (χ4v) is 8.23. The van der Waals surface area contributed by atoms with Crippen molar-refractivity contribution < 1.29 is 23.8 Å². The normalized spacial score (nSPS) is 12.4. The molecule has 1 amide bonds. The zero-order valence-electron chi connectivity index (χ0n) is 43.3. The summed E-state index contributed by atoms with van der Waals surface area (Å²) in [4.78, 5) is 27.9.